The molecule has 0 heterocycles. The normalized spacial score (nSPS) is 15.7. The van der Waals surface area contributed by atoms with Gasteiger partial charge in [-0.25, -0.2) is 9.18 Å². The Morgan fingerprint density at radius 1 is 1.33 bits per heavy atom. The lowest BCUT2D eigenvalue weighted by Gasteiger charge is -2.16. The lowest BCUT2D eigenvalue weighted by atomic mass is 10.1. The molecule has 24 heavy (non-hydrogen) atoms. The van der Waals surface area contributed by atoms with Crippen LogP contribution < -0.4 is 5.32 Å². The van der Waals surface area contributed by atoms with Gasteiger partial charge in [-0.05, 0) is 48.2 Å². The van der Waals surface area contributed by atoms with Crippen LogP contribution >= 0.6 is 0 Å². The second-order valence-electron chi connectivity index (χ2n) is 5.56. The number of anilines is 1. The highest BCUT2D eigenvalue weighted by Crippen LogP contribution is 2.35. The molecule has 1 aliphatic rings. The number of ether oxygens (including phenoxy) is 1. The average Bonchev–Trinajstić information content (AvgIpc) is 2.96. The van der Waals surface area contributed by atoms with Crippen molar-refractivity contribution in [3.05, 3.63) is 69.0 Å². The number of carbonyl (C=O) groups is 1. The second kappa shape index (κ2) is 6.27. The maximum Gasteiger partial charge on any atom is 0.344 e. The standard InChI is InChI=1S/C17H15FN2O4/c1-24-17(21)14-9-12(5-7-16(14)20(22)23)19-15-6-3-10-2-4-11(18)8-13(10)15/h2,4-5,7-9,15,19H,3,6H2,1H3. The van der Waals surface area contributed by atoms with Gasteiger partial charge in [0.05, 0.1) is 18.1 Å². The average molecular weight is 330 g/mol. The van der Waals surface area contributed by atoms with E-state index in [4.69, 9.17) is 0 Å². The van der Waals surface area contributed by atoms with Crippen LogP contribution in [0.1, 0.15) is 33.9 Å². The maximum atomic E-state index is 13.5. The van der Waals surface area contributed by atoms with E-state index in [0.717, 1.165) is 24.0 Å². The monoisotopic (exact) mass is 330 g/mol. The van der Waals surface area contributed by atoms with E-state index in [1.165, 1.54) is 37.4 Å². The van der Waals surface area contributed by atoms with Crippen molar-refractivity contribution >= 4 is 17.3 Å². The zero-order valence-corrected chi connectivity index (χ0v) is 12.9. The Labute approximate surface area is 137 Å². The molecule has 1 N–H and O–H groups in total. The van der Waals surface area contributed by atoms with E-state index in [1.54, 1.807) is 6.07 Å². The van der Waals surface area contributed by atoms with Gasteiger partial charge < -0.3 is 10.1 Å². The SMILES string of the molecule is COC(=O)c1cc(NC2CCc3ccc(F)cc32)ccc1[N+](=O)[O-]. The first kappa shape index (κ1) is 15.9. The van der Waals surface area contributed by atoms with Crippen molar-refractivity contribution in [2.75, 3.05) is 12.4 Å². The van der Waals surface area contributed by atoms with Crippen LogP contribution in [0.2, 0.25) is 0 Å². The minimum atomic E-state index is -0.775. The van der Waals surface area contributed by atoms with Crippen molar-refractivity contribution < 1.29 is 18.8 Å². The lowest BCUT2D eigenvalue weighted by Crippen LogP contribution is -2.10. The number of aryl methyl sites for hydroxylation is 1. The van der Waals surface area contributed by atoms with Gasteiger partial charge in [-0.15, -0.1) is 0 Å². The van der Waals surface area contributed by atoms with E-state index in [9.17, 15) is 19.3 Å². The summed E-state index contributed by atoms with van der Waals surface area (Å²) in [5, 5.41) is 14.2. The van der Waals surface area contributed by atoms with Crippen LogP contribution in [-0.4, -0.2) is 18.0 Å². The topological polar surface area (TPSA) is 81.5 Å². The van der Waals surface area contributed by atoms with Crippen LogP contribution in [0.25, 0.3) is 0 Å². The number of esters is 1. The molecule has 0 spiro atoms. The van der Waals surface area contributed by atoms with Crippen molar-refractivity contribution in [3.8, 4) is 0 Å². The molecule has 2 aromatic rings. The summed E-state index contributed by atoms with van der Waals surface area (Å²) >= 11 is 0. The zero-order valence-electron chi connectivity index (χ0n) is 12.9. The van der Waals surface area contributed by atoms with Crippen LogP contribution in [0.4, 0.5) is 15.8 Å². The van der Waals surface area contributed by atoms with Crippen molar-refractivity contribution in [2.24, 2.45) is 0 Å². The summed E-state index contributed by atoms with van der Waals surface area (Å²) in [5.41, 5.74) is 2.05. The highest BCUT2D eigenvalue weighted by molar-refractivity contribution is 5.95. The molecular weight excluding hydrogens is 315 g/mol. The zero-order chi connectivity index (χ0) is 17.3. The smallest absolute Gasteiger partial charge is 0.344 e. The number of nitrogens with one attached hydrogen (secondary N) is 1. The molecule has 0 amide bonds. The summed E-state index contributed by atoms with van der Waals surface area (Å²) < 4.78 is 18.1. The van der Waals surface area contributed by atoms with Gasteiger partial charge >= 0.3 is 5.97 Å². The molecule has 0 saturated heterocycles. The molecule has 0 saturated carbocycles. The van der Waals surface area contributed by atoms with Gasteiger partial charge in [-0.3, -0.25) is 10.1 Å². The van der Waals surface area contributed by atoms with E-state index >= 15 is 0 Å². The Balaban J connectivity index is 1.91. The minimum Gasteiger partial charge on any atom is -0.465 e. The maximum absolute atomic E-state index is 13.5. The second-order valence-corrected chi connectivity index (χ2v) is 5.56. The largest absolute Gasteiger partial charge is 0.465 e. The first-order valence-corrected chi connectivity index (χ1v) is 7.41. The minimum absolute atomic E-state index is 0.109. The number of benzene rings is 2. The van der Waals surface area contributed by atoms with E-state index in [1.807, 2.05) is 0 Å². The van der Waals surface area contributed by atoms with E-state index in [0.29, 0.717) is 5.69 Å². The van der Waals surface area contributed by atoms with Crippen molar-refractivity contribution in [2.45, 2.75) is 18.9 Å². The summed E-state index contributed by atoms with van der Waals surface area (Å²) in [4.78, 5) is 22.2. The Bertz CT molecular complexity index is 822. The van der Waals surface area contributed by atoms with Gasteiger partial charge in [-0.1, -0.05) is 6.07 Å². The van der Waals surface area contributed by atoms with Crippen molar-refractivity contribution in [1.82, 2.24) is 0 Å². The molecule has 124 valence electrons. The summed E-state index contributed by atoms with van der Waals surface area (Å²) in [5.74, 6) is -1.08. The quantitative estimate of drug-likeness (QED) is 0.526. The third kappa shape index (κ3) is 2.92. The number of methoxy groups -OCH3 is 1. The highest BCUT2D eigenvalue weighted by Gasteiger charge is 2.25. The van der Waals surface area contributed by atoms with Crippen LogP contribution in [0, 0.1) is 15.9 Å². The number of rotatable bonds is 4. The predicted octanol–water partition coefficient (Wildman–Crippen LogP) is 3.62. The molecule has 1 atom stereocenters. The van der Waals surface area contributed by atoms with Gasteiger partial charge in [0, 0.05) is 11.8 Å². The number of hydrogen-bond acceptors (Lipinski definition) is 5. The molecular formula is C17H15FN2O4. The molecule has 1 aliphatic carbocycles. The summed E-state index contributed by atoms with van der Waals surface area (Å²) in [7, 11) is 1.17. The van der Waals surface area contributed by atoms with Gasteiger partial charge in [0.15, 0.2) is 0 Å². The first-order valence-electron chi connectivity index (χ1n) is 7.41. The van der Waals surface area contributed by atoms with E-state index in [-0.39, 0.29) is 23.1 Å². The Kier molecular flexibility index (Phi) is 4.16. The van der Waals surface area contributed by atoms with Crippen molar-refractivity contribution in [3.63, 3.8) is 0 Å². The fraction of sp³-hybridized carbons (Fsp3) is 0.235. The van der Waals surface area contributed by atoms with Gasteiger partial charge in [0.25, 0.3) is 5.69 Å². The third-order valence-corrected chi connectivity index (χ3v) is 4.13. The third-order valence-electron chi connectivity index (χ3n) is 4.13. The lowest BCUT2D eigenvalue weighted by molar-refractivity contribution is -0.385. The Hall–Kier alpha value is -2.96. The molecule has 0 aliphatic heterocycles. The molecule has 0 fully saturated rings. The molecule has 6 nitrogen and oxygen atoms in total. The number of halogens is 1. The number of fused-ring (bicyclic) bond motifs is 1. The van der Waals surface area contributed by atoms with E-state index < -0.39 is 10.9 Å². The molecule has 2 aromatic carbocycles. The van der Waals surface area contributed by atoms with Crippen LogP contribution in [0.3, 0.4) is 0 Å². The summed E-state index contributed by atoms with van der Waals surface area (Å²) in [6.07, 6.45) is 1.60. The fourth-order valence-electron chi connectivity index (χ4n) is 2.98. The number of nitrogens with zero attached hydrogens (tertiary/aromatic N) is 1. The first-order chi connectivity index (χ1) is 11.5. The van der Waals surface area contributed by atoms with Gasteiger partial charge in [0.1, 0.15) is 11.4 Å². The van der Waals surface area contributed by atoms with Gasteiger partial charge in [-0.2, -0.15) is 0 Å². The molecule has 1 unspecified atom stereocenters. The number of nitro benzene ring substituents is 1. The predicted molar refractivity (Wildman–Crippen MR) is 85.5 cm³/mol. The van der Waals surface area contributed by atoms with Crippen LogP contribution in [0.5, 0.6) is 0 Å². The van der Waals surface area contributed by atoms with Crippen LogP contribution in [-0.2, 0) is 11.2 Å². The Morgan fingerprint density at radius 2 is 2.12 bits per heavy atom. The molecule has 7 heteroatoms. The highest BCUT2D eigenvalue weighted by atomic mass is 19.1. The molecule has 3 rings (SSSR count). The molecule has 0 radical (unpaired) electrons. The fourth-order valence-corrected chi connectivity index (χ4v) is 2.98. The molecule has 0 aromatic heterocycles. The number of nitro groups is 1. The Morgan fingerprint density at radius 3 is 2.83 bits per heavy atom. The summed E-state index contributed by atoms with van der Waals surface area (Å²) in [6.45, 7) is 0. The number of carbonyl (C=O) groups excluding carboxylic acids is 1. The van der Waals surface area contributed by atoms with Crippen molar-refractivity contribution in [1.29, 1.82) is 0 Å². The van der Waals surface area contributed by atoms with E-state index in [2.05, 4.69) is 10.1 Å². The van der Waals surface area contributed by atoms with Gasteiger partial charge in [0.2, 0.25) is 0 Å². The number of hydrogen-bond donors (Lipinski definition) is 1. The van der Waals surface area contributed by atoms with Crippen LogP contribution in [0.15, 0.2) is 36.4 Å². The summed E-state index contributed by atoms with van der Waals surface area (Å²) in [6, 6.07) is 8.76. The molecule has 0 bridgehead atoms.